The molecular weight excluding hydrogens is 659 g/mol. The maximum Gasteiger partial charge on any atom is 0.336 e. The van der Waals surface area contributed by atoms with Crippen molar-refractivity contribution in [2.45, 2.75) is 53.8 Å². The molecule has 3 aromatic heterocycles. The molecule has 0 spiro atoms. The standard InChI is InChI=1S/C17H16ClN3O2.C10H13ClN2O2.C7H7NO2/c1-10(2)22-15-5-4-12(8-14(15)18)16-20-17(23-21-16)13-6-7-19-9-11(13)3;1-6(2)15-9-4-3-7(5-8(9)11)10(12)13-14;1-5-4-8-3-2-6(5)7(9)10/h4-10H,1-3H3;3-6,14H,1-2H3,(H2,12,13);2-4H,1H3,(H,9,10). The number of amidine groups is 1. The third kappa shape index (κ3) is 10.7. The molecule has 5 rings (SSSR count). The monoisotopic (exact) mass is 694 g/mol. The highest BCUT2D eigenvalue weighted by atomic mass is 35.5. The summed E-state index contributed by atoms with van der Waals surface area (Å²) in [6.07, 6.45) is 6.57. The molecule has 0 unspecified atom stereocenters. The van der Waals surface area contributed by atoms with Crippen LogP contribution in [-0.2, 0) is 0 Å². The Kier molecular flexibility index (Phi) is 13.7. The molecule has 0 amide bonds. The number of aromatic nitrogens is 4. The second-order valence-corrected chi connectivity index (χ2v) is 11.5. The van der Waals surface area contributed by atoms with E-state index in [2.05, 4.69) is 25.3 Å². The zero-order valence-corrected chi connectivity index (χ0v) is 28.7. The average Bonchev–Trinajstić information content (AvgIpc) is 3.53. The van der Waals surface area contributed by atoms with Crippen molar-refractivity contribution >= 4 is 35.0 Å². The Morgan fingerprint density at radius 1 is 0.875 bits per heavy atom. The maximum atomic E-state index is 10.4. The summed E-state index contributed by atoms with van der Waals surface area (Å²) in [4.78, 5) is 22.7. The van der Waals surface area contributed by atoms with Crippen molar-refractivity contribution in [1.29, 1.82) is 0 Å². The predicted molar refractivity (Wildman–Crippen MR) is 184 cm³/mol. The number of aryl methyl sites for hydroxylation is 2. The third-order valence-electron chi connectivity index (χ3n) is 6.18. The number of nitrogens with zero attached hydrogens (tertiary/aromatic N) is 5. The summed E-state index contributed by atoms with van der Waals surface area (Å²) in [7, 11) is 0. The smallest absolute Gasteiger partial charge is 0.336 e. The van der Waals surface area contributed by atoms with Gasteiger partial charge in [-0.25, -0.2) is 4.79 Å². The van der Waals surface area contributed by atoms with Gasteiger partial charge in [-0.15, -0.1) is 0 Å². The number of aromatic carboxylic acids is 1. The average molecular weight is 696 g/mol. The van der Waals surface area contributed by atoms with Gasteiger partial charge in [-0.3, -0.25) is 9.97 Å². The van der Waals surface area contributed by atoms with Gasteiger partial charge in [0.25, 0.3) is 5.89 Å². The number of rotatable bonds is 8. The SMILES string of the molecule is CC(C)Oc1ccc(/C(N)=N/O)cc1Cl.Cc1cnccc1-c1nc(-c2ccc(OC(C)C)c(Cl)c2)no1.Cc1cnccc1C(=O)O. The highest BCUT2D eigenvalue weighted by molar-refractivity contribution is 6.32. The topological polar surface area (TPSA) is 179 Å². The van der Waals surface area contributed by atoms with Gasteiger partial charge in [-0.2, -0.15) is 4.98 Å². The van der Waals surface area contributed by atoms with Crippen molar-refractivity contribution in [3.8, 4) is 34.3 Å². The molecule has 0 aliphatic rings. The summed E-state index contributed by atoms with van der Waals surface area (Å²) < 4.78 is 16.4. The van der Waals surface area contributed by atoms with E-state index in [9.17, 15) is 4.79 Å². The number of ether oxygens (including phenoxy) is 2. The summed E-state index contributed by atoms with van der Waals surface area (Å²) in [5.74, 6) is 1.28. The summed E-state index contributed by atoms with van der Waals surface area (Å²) >= 11 is 12.2. The highest BCUT2D eigenvalue weighted by Crippen LogP contribution is 2.31. The van der Waals surface area contributed by atoms with Crippen LogP contribution in [-0.4, -0.2) is 54.4 Å². The number of carboxylic acids is 1. The molecule has 0 saturated heterocycles. The lowest BCUT2D eigenvalue weighted by Crippen LogP contribution is -2.13. The molecule has 0 aliphatic carbocycles. The molecule has 4 N–H and O–H groups in total. The van der Waals surface area contributed by atoms with E-state index in [0.29, 0.717) is 49.9 Å². The Hall–Kier alpha value is -5.20. The quantitative estimate of drug-likeness (QED) is 0.0623. The first-order valence-corrected chi connectivity index (χ1v) is 15.4. The lowest BCUT2D eigenvalue weighted by atomic mass is 10.1. The number of pyridine rings is 2. The number of halogens is 2. The van der Waals surface area contributed by atoms with Crippen molar-refractivity contribution in [3.05, 3.63) is 106 Å². The number of hydrogen-bond acceptors (Lipinski definition) is 10. The lowest BCUT2D eigenvalue weighted by molar-refractivity contribution is 0.0696. The number of nitrogens with two attached hydrogens (primary N) is 1. The molecule has 14 heteroatoms. The number of carboxylic acid groups (broad SMARTS) is 1. The Balaban J connectivity index is 0.000000215. The first-order valence-electron chi connectivity index (χ1n) is 14.6. The molecule has 252 valence electrons. The molecule has 5 aromatic rings. The largest absolute Gasteiger partial charge is 0.489 e. The molecule has 0 radical (unpaired) electrons. The van der Waals surface area contributed by atoms with Crippen LogP contribution in [0.1, 0.15) is 54.7 Å². The van der Waals surface area contributed by atoms with E-state index in [-0.39, 0.29) is 18.0 Å². The summed E-state index contributed by atoms with van der Waals surface area (Å²) in [5, 5.41) is 24.9. The predicted octanol–water partition coefficient (Wildman–Crippen LogP) is 7.86. The van der Waals surface area contributed by atoms with E-state index in [4.69, 9.17) is 53.2 Å². The van der Waals surface area contributed by atoms with Gasteiger partial charge >= 0.3 is 5.97 Å². The zero-order chi connectivity index (χ0) is 35.4. The fraction of sp³-hybridized carbons (Fsp3) is 0.235. The first kappa shape index (κ1) is 37.3. The minimum atomic E-state index is -0.903. The number of hydrogen-bond donors (Lipinski definition) is 3. The van der Waals surface area contributed by atoms with E-state index >= 15 is 0 Å². The maximum absolute atomic E-state index is 10.4. The third-order valence-corrected chi connectivity index (χ3v) is 6.77. The van der Waals surface area contributed by atoms with Gasteiger partial charge in [0.15, 0.2) is 5.84 Å². The van der Waals surface area contributed by atoms with Crippen LogP contribution in [0.3, 0.4) is 0 Å². The Morgan fingerprint density at radius 2 is 1.46 bits per heavy atom. The Labute approximate surface area is 288 Å². The first-order chi connectivity index (χ1) is 22.8. The van der Waals surface area contributed by atoms with Crippen LogP contribution in [0, 0.1) is 13.8 Å². The van der Waals surface area contributed by atoms with E-state index in [1.54, 1.807) is 43.6 Å². The van der Waals surface area contributed by atoms with Gasteiger partial charge < -0.3 is 30.0 Å². The van der Waals surface area contributed by atoms with Crippen molar-refractivity contribution in [2.75, 3.05) is 0 Å². The fourth-order valence-electron chi connectivity index (χ4n) is 3.93. The van der Waals surface area contributed by atoms with Crippen LogP contribution in [0.5, 0.6) is 11.5 Å². The molecule has 0 fully saturated rings. The highest BCUT2D eigenvalue weighted by Gasteiger charge is 2.14. The molecule has 2 aromatic carbocycles. The van der Waals surface area contributed by atoms with Crippen LogP contribution in [0.4, 0.5) is 0 Å². The molecule has 0 saturated carbocycles. The van der Waals surface area contributed by atoms with Gasteiger partial charge in [-0.1, -0.05) is 33.5 Å². The van der Waals surface area contributed by atoms with Crippen molar-refractivity contribution < 1.29 is 29.1 Å². The summed E-state index contributed by atoms with van der Waals surface area (Å²) in [6, 6.07) is 13.7. The van der Waals surface area contributed by atoms with Crippen LogP contribution in [0.15, 0.2) is 83.0 Å². The van der Waals surface area contributed by atoms with Crippen LogP contribution < -0.4 is 15.2 Å². The second kappa shape index (κ2) is 17.6. The van der Waals surface area contributed by atoms with Gasteiger partial charge in [0.05, 0.1) is 27.8 Å². The minimum Gasteiger partial charge on any atom is -0.489 e. The van der Waals surface area contributed by atoms with Crippen LogP contribution >= 0.6 is 23.2 Å². The normalized spacial score (nSPS) is 10.9. The summed E-state index contributed by atoms with van der Waals surface area (Å²) in [5.41, 5.74) is 9.58. The van der Waals surface area contributed by atoms with E-state index in [1.807, 2.05) is 52.8 Å². The molecular formula is C34H36Cl2N6O6. The van der Waals surface area contributed by atoms with Crippen LogP contribution in [0.25, 0.3) is 22.8 Å². The number of oxime groups is 1. The van der Waals surface area contributed by atoms with E-state index in [1.165, 1.54) is 18.5 Å². The molecule has 0 atom stereocenters. The second-order valence-electron chi connectivity index (χ2n) is 10.7. The molecule has 0 bridgehead atoms. The zero-order valence-electron chi connectivity index (χ0n) is 27.2. The van der Waals surface area contributed by atoms with Crippen LogP contribution in [0.2, 0.25) is 10.0 Å². The van der Waals surface area contributed by atoms with E-state index < -0.39 is 5.97 Å². The molecule has 12 nitrogen and oxygen atoms in total. The van der Waals surface area contributed by atoms with Crippen molar-refractivity contribution in [1.82, 2.24) is 20.1 Å². The minimum absolute atomic E-state index is 0.0213. The Bertz CT molecular complexity index is 1860. The van der Waals surface area contributed by atoms with Gasteiger partial charge in [0.1, 0.15) is 11.5 Å². The fourth-order valence-corrected chi connectivity index (χ4v) is 4.38. The van der Waals surface area contributed by atoms with E-state index in [0.717, 1.165) is 16.7 Å². The summed E-state index contributed by atoms with van der Waals surface area (Å²) in [6.45, 7) is 11.4. The van der Waals surface area contributed by atoms with Crippen molar-refractivity contribution in [3.63, 3.8) is 0 Å². The Morgan fingerprint density at radius 3 is 1.96 bits per heavy atom. The van der Waals surface area contributed by atoms with Gasteiger partial charge in [0, 0.05) is 41.5 Å². The van der Waals surface area contributed by atoms with Crippen molar-refractivity contribution in [2.24, 2.45) is 10.9 Å². The van der Waals surface area contributed by atoms with Gasteiger partial charge in [-0.05, 0) is 101 Å². The lowest BCUT2D eigenvalue weighted by Gasteiger charge is -2.11. The number of carbonyl (C=O) groups is 1. The van der Waals surface area contributed by atoms with Gasteiger partial charge in [0.2, 0.25) is 5.82 Å². The molecule has 0 aliphatic heterocycles. The number of benzene rings is 2. The molecule has 48 heavy (non-hydrogen) atoms. The molecule has 3 heterocycles.